The maximum absolute atomic E-state index is 13.0. The number of amides is 1. The van der Waals surface area contributed by atoms with E-state index in [0.29, 0.717) is 17.6 Å². The third-order valence-electron chi connectivity index (χ3n) is 7.26. The van der Waals surface area contributed by atoms with Crippen LogP contribution < -0.4 is 10.2 Å². The van der Waals surface area contributed by atoms with Crippen molar-refractivity contribution >= 4 is 37.0 Å². The van der Waals surface area contributed by atoms with Crippen LogP contribution in [0.4, 0.5) is 11.7 Å². The first-order valence-corrected chi connectivity index (χ1v) is 14.9. The Hall–Kier alpha value is -2.72. The fraction of sp³-hybridized carbons (Fsp3) is 0.583. The monoisotopic (exact) mass is 482 g/mol. The van der Waals surface area contributed by atoms with E-state index in [9.17, 15) is 4.79 Å². The number of aryl methyl sites for hydroxylation is 1. The van der Waals surface area contributed by atoms with Crippen LogP contribution in [0.25, 0.3) is 11.0 Å². The summed E-state index contributed by atoms with van der Waals surface area (Å²) in [6.45, 7) is 12.8. The SMILES string of the molecule is Cn1cc2cc(NC(=O)c3coc(N4CC[C@H](O[Si](C)(C)C(C)(C)C)C4)n3)c(C3CC3)nc2n1. The highest BCUT2D eigenvalue weighted by Gasteiger charge is 2.41. The predicted octanol–water partition coefficient (Wildman–Crippen LogP) is 4.69. The Bertz CT molecular complexity index is 1220. The van der Waals surface area contributed by atoms with Crippen molar-refractivity contribution in [1.82, 2.24) is 19.7 Å². The van der Waals surface area contributed by atoms with E-state index in [2.05, 4.69) is 54.2 Å². The quantitative estimate of drug-likeness (QED) is 0.509. The van der Waals surface area contributed by atoms with Gasteiger partial charge in [-0.15, -0.1) is 0 Å². The van der Waals surface area contributed by atoms with Gasteiger partial charge in [-0.1, -0.05) is 20.8 Å². The van der Waals surface area contributed by atoms with Crippen molar-refractivity contribution in [3.05, 3.63) is 29.9 Å². The lowest BCUT2D eigenvalue weighted by molar-refractivity contribution is 0.102. The number of hydrogen-bond donors (Lipinski definition) is 1. The van der Waals surface area contributed by atoms with Crippen LogP contribution in [-0.2, 0) is 11.5 Å². The van der Waals surface area contributed by atoms with Crippen molar-refractivity contribution in [1.29, 1.82) is 0 Å². The molecule has 10 heteroatoms. The molecule has 1 aliphatic heterocycles. The van der Waals surface area contributed by atoms with Crippen molar-refractivity contribution in [2.75, 3.05) is 23.3 Å². The summed E-state index contributed by atoms with van der Waals surface area (Å²) in [6.07, 6.45) is 6.57. The van der Waals surface area contributed by atoms with E-state index in [-0.39, 0.29) is 22.7 Å². The number of oxazole rings is 1. The lowest BCUT2D eigenvalue weighted by Crippen LogP contribution is -2.44. The Kier molecular flexibility index (Phi) is 5.55. The molecule has 1 atom stereocenters. The zero-order valence-corrected chi connectivity index (χ0v) is 21.9. The van der Waals surface area contributed by atoms with Crippen LogP contribution in [0.3, 0.4) is 0 Å². The number of hydrogen-bond acceptors (Lipinski definition) is 7. The Morgan fingerprint density at radius 3 is 2.71 bits per heavy atom. The van der Waals surface area contributed by atoms with Crippen LogP contribution in [0.2, 0.25) is 18.1 Å². The number of rotatable bonds is 6. The second kappa shape index (κ2) is 8.19. The van der Waals surface area contributed by atoms with Gasteiger partial charge in [-0.3, -0.25) is 9.48 Å². The maximum Gasteiger partial charge on any atom is 0.298 e. The highest BCUT2D eigenvalue weighted by Crippen LogP contribution is 2.43. The topological polar surface area (TPSA) is 98.3 Å². The largest absolute Gasteiger partial charge is 0.431 e. The summed E-state index contributed by atoms with van der Waals surface area (Å²) in [4.78, 5) is 24.3. The molecule has 1 saturated carbocycles. The number of nitrogens with one attached hydrogen (secondary N) is 1. The first-order valence-electron chi connectivity index (χ1n) is 12.0. The second-order valence-electron chi connectivity index (χ2n) is 11.1. The normalized spacial score (nSPS) is 19.2. The first kappa shape index (κ1) is 23.0. The zero-order valence-electron chi connectivity index (χ0n) is 20.9. The molecule has 5 rings (SSSR count). The first-order chi connectivity index (χ1) is 16.0. The number of carbonyl (C=O) groups excluding carboxylic acids is 1. The molecular formula is C24H34N6O3Si. The molecule has 4 heterocycles. The van der Waals surface area contributed by atoms with Gasteiger partial charge in [0.1, 0.15) is 6.26 Å². The molecule has 34 heavy (non-hydrogen) atoms. The molecule has 9 nitrogen and oxygen atoms in total. The smallest absolute Gasteiger partial charge is 0.298 e. The van der Waals surface area contributed by atoms with Gasteiger partial charge in [-0.05, 0) is 43.5 Å². The van der Waals surface area contributed by atoms with E-state index >= 15 is 0 Å². The third kappa shape index (κ3) is 4.48. The molecule has 1 amide bonds. The van der Waals surface area contributed by atoms with Gasteiger partial charge in [0.25, 0.3) is 11.9 Å². The summed E-state index contributed by atoms with van der Waals surface area (Å²) in [5, 5.41) is 8.48. The van der Waals surface area contributed by atoms with Gasteiger partial charge >= 0.3 is 0 Å². The van der Waals surface area contributed by atoms with E-state index < -0.39 is 8.32 Å². The number of fused-ring (bicyclic) bond motifs is 1. The van der Waals surface area contributed by atoms with Gasteiger partial charge in [0.15, 0.2) is 19.7 Å². The second-order valence-corrected chi connectivity index (χ2v) is 15.9. The van der Waals surface area contributed by atoms with E-state index in [1.54, 1.807) is 4.68 Å². The number of pyridine rings is 1. The van der Waals surface area contributed by atoms with Gasteiger partial charge < -0.3 is 19.1 Å². The number of aromatic nitrogens is 4. The Balaban J connectivity index is 1.27. The number of nitrogens with zero attached hydrogens (tertiary/aromatic N) is 5. The Morgan fingerprint density at radius 2 is 2.00 bits per heavy atom. The summed E-state index contributed by atoms with van der Waals surface area (Å²) < 4.78 is 14.0. The summed E-state index contributed by atoms with van der Waals surface area (Å²) in [7, 11) is 0.0310. The molecule has 182 valence electrons. The average molecular weight is 483 g/mol. The molecule has 0 bridgehead atoms. The average Bonchev–Trinajstić information content (AvgIpc) is 3.12. The summed E-state index contributed by atoms with van der Waals surface area (Å²) >= 11 is 0. The van der Waals surface area contributed by atoms with Crippen molar-refractivity contribution in [3.8, 4) is 0 Å². The van der Waals surface area contributed by atoms with Crippen LogP contribution in [0, 0.1) is 0 Å². The molecule has 1 aliphatic carbocycles. The van der Waals surface area contributed by atoms with Crippen LogP contribution in [0.5, 0.6) is 0 Å². The van der Waals surface area contributed by atoms with Crippen LogP contribution in [-0.4, -0.2) is 53.2 Å². The standard InChI is InChI=1S/C24H34N6O3Si/c1-24(2,3)34(5,6)33-17-9-10-30(13-17)23-26-19(14-32-23)22(31)25-18-11-16-12-29(4)28-21(16)27-20(18)15-7-8-15/h11-12,14-15,17H,7-10,13H2,1-6H3,(H,25,31)/t17-/m0/s1. The molecule has 0 radical (unpaired) electrons. The molecule has 1 saturated heterocycles. The molecular weight excluding hydrogens is 448 g/mol. The number of anilines is 2. The molecule has 0 unspecified atom stereocenters. The lowest BCUT2D eigenvalue weighted by atomic mass is 10.2. The van der Waals surface area contributed by atoms with Gasteiger partial charge in [-0.2, -0.15) is 10.1 Å². The molecule has 3 aromatic heterocycles. The summed E-state index contributed by atoms with van der Waals surface area (Å²) in [5.74, 6) is 0.0761. The van der Waals surface area contributed by atoms with Gasteiger partial charge in [-0.25, -0.2) is 4.98 Å². The third-order valence-corrected chi connectivity index (χ3v) is 11.8. The minimum Gasteiger partial charge on any atom is -0.431 e. The number of carbonyl (C=O) groups is 1. The Labute approximate surface area is 201 Å². The van der Waals surface area contributed by atoms with Gasteiger partial charge in [0.2, 0.25) is 0 Å². The minimum atomic E-state index is -1.84. The summed E-state index contributed by atoms with van der Waals surface area (Å²) in [5.41, 5.74) is 2.58. The van der Waals surface area contributed by atoms with E-state index in [1.165, 1.54) is 6.26 Å². The molecule has 2 fully saturated rings. The van der Waals surface area contributed by atoms with E-state index in [0.717, 1.165) is 49.1 Å². The van der Waals surface area contributed by atoms with Crippen molar-refractivity contribution in [2.45, 2.75) is 70.2 Å². The lowest BCUT2D eigenvalue weighted by Gasteiger charge is -2.38. The fourth-order valence-corrected chi connectivity index (χ4v) is 5.53. The Morgan fingerprint density at radius 1 is 1.24 bits per heavy atom. The molecule has 3 aromatic rings. The van der Waals surface area contributed by atoms with Crippen molar-refractivity contribution in [2.24, 2.45) is 7.05 Å². The van der Waals surface area contributed by atoms with E-state index in [4.69, 9.17) is 13.8 Å². The van der Waals surface area contributed by atoms with Gasteiger partial charge in [0, 0.05) is 37.6 Å². The molecule has 1 N–H and O–H groups in total. The van der Waals surface area contributed by atoms with Crippen molar-refractivity contribution in [3.63, 3.8) is 0 Å². The molecule has 0 aromatic carbocycles. The van der Waals surface area contributed by atoms with Crippen molar-refractivity contribution < 1.29 is 13.6 Å². The van der Waals surface area contributed by atoms with E-state index in [1.807, 2.05) is 19.3 Å². The highest BCUT2D eigenvalue weighted by molar-refractivity contribution is 6.74. The zero-order chi connectivity index (χ0) is 24.3. The highest BCUT2D eigenvalue weighted by atomic mass is 28.4. The van der Waals surface area contributed by atoms with Crippen LogP contribution in [0.15, 0.2) is 22.9 Å². The van der Waals surface area contributed by atoms with Crippen LogP contribution >= 0.6 is 0 Å². The predicted molar refractivity (Wildman–Crippen MR) is 134 cm³/mol. The fourth-order valence-electron chi connectivity index (χ4n) is 4.15. The minimum absolute atomic E-state index is 0.156. The summed E-state index contributed by atoms with van der Waals surface area (Å²) in [6, 6.07) is 2.42. The van der Waals surface area contributed by atoms with Crippen LogP contribution in [0.1, 0.15) is 62.1 Å². The molecule has 2 aliphatic rings. The maximum atomic E-state index is 13.0. The van der Waals surface area contributed by atoms with Gasteiger partial charge in [0.05, 0.1) is 17.5 Å². The molecule has 0 spiro atoms.